The largest absolute Gasteiger partial charge is 0.311 e. The van der Waals surface area contributed by atoms with Crippen LogP contribution >= 0.6 is 22.9 Å². The van der Waals surface area contributed by atoms with Crippen LogP contribution in [0.15, 0.2) is 91.0 Å². The van der Waals surface area contributed by atoms with Crippen molar-refractivity contribution < 1.29 is 8.22 Å². The summed E-state index contributed by atoms with van der Waals surface area (Å²) in [5, 5.41) is 1.87. The summed E-state index contributed by atoms with van der Waals surface area (Å²) in [4.78, 5) is 6.04. The zero-order chi connectivity index (χ0) is 43.9. The Labute approximate surface area is 347 Å². The van der Waals surface area contributed by atoms with Crippen molar-refractivity contribution in [3.63, 3.8) is 0 Å². The van der Waals surface area contributed by atoms with Crippen molar-refractivity contribution in [3.8, 4) is 0 Å². The SMILES string of the molecule is [2H]C([2H])([2H])C(C)c1cccc(N2c3cc(C(C)C([2H])([2H])[2H])ccc3B3c4cc5c6c(sc5cc4N(c4ccc(C(C)(C)C)cc4)c4cc(Cl)cc2c43)C(C)(C)CCC6(C)C)c1. The lowest BCUT2D eigenvalue weighted by atomic mass is 9.33. The Morgan fingerprint density at radius 2 is 1.35 bits per heavy atom. The quantitative estimate of drug-likeness (QED) is 0.165. The third kappa shape index (κ3) is 5.72. The molecule has 1 aliphatic carbocycles. The third-order valence-corrected chi connectivity index (χ3v) is 14.4. The fraction of sp³-hybridized carbons (Fsp3) is 0.360. The Balaban J connectivity index is 1.39. The first-order valence-corrected chi connectivity index (χ1v) is 21.0. The molecule has 2 nitrogen and oxygen atoms in total. The zero-order valence-electron chi connectivity index (χ0n) is 39.5. The van der Waals surface area contributed by atoms with Crippen LogP contribution < -0.4 is 26.2 Å². The lowest BCUT2D eigenvalue weighted by molar-refractivity contribution is 0.341. The highest BCUT2D eigenvalue weighted by Crippen LogP contribution is 2.54. The Bertz CT molecular complexity index is 2740. The van der Waals surface area contributed by atoms with Gasteiger partial charge in [0.1, 0.15) is 0 Å². The van der Waals surface area contributed by atoms with Gasteiger partial charge in [0.25, 0.3) is 6.71 Å². The van der Waals surface area contributed by atoms with Crippen molar-refractivity contribution >= 4 is 90.2 Å². The van der Waals surface area contributed by atoms with E-state index in [1.165, 1.54) is 31.6 Å². The summed E-state index contributed by atoms with van der Waals surface area (Å²) in [6, 6.07) is 31.9. The maximum Gasteiger partial charge on any atom is 0.252 e. The number of hydrogen-bond acceptors (Lipinski definition) is 3. The molecule has 55 heavy (non-hydrogen) atoms. The van der Waals surface area contributed by atoms with Crippen molar-refractivity contribution in [1.29, 1.82) is 0 Å². The summed E-state index contributed by atoms with van der Waals surface area (Å²) >= 11 is 9.22. The molecule has 5 heteroatoms. The third-order valence-electron chi connectivity index (χ3n) is 12.7. The van der Waals surface area contributed by atoms with Gasteiger partial charge in [0.2, 0.25) is 0 Å². The second kappa shape index (κ2) is 12.5. The lowest BCUT2D eigenvalue weighted by Crippen LogP contribution is -2.61. The Morgan fingerprint density at radius 3 is 2.02 bits per heavy atom. The summed E-state index contributed by atoms with van der Waals surface area (Å²) in [7, 11) is 0. The standard InChI is InChI=1S/C50H54BClN2S/c1-29(2)31-13-12-14-36(23-31)54-40-24-32(30(3)4)15-20-38(40)51-39-27-37-44(55-47-45(37)49(8,9)21-22-50(47,10)11)28-41(39)53(42-25-34(52)26-43(54)46(42)51)35-18-16-33(17-19-35)48(5,6)7/h12-20,23-30H,21-22H2,1-11H3/i1D3,3D3. The topological polar surface area (TPSA) is 6.48 Å². The van der Waals surface area contributed by atoms with Crippen LogP contribution in [0.4, 0.5) is 34.1 Å². The van der Waals surface area contributed by atoms with Crippen molar-refractivity contribution in [2.75, 3.05) is 9.80 Å². The molecular formula is C50H54BClN2S. The van der Waals surface area contributed by atoms with E-state index in [0.29, 0.717) is 16.1 Å². The summed E-state index contributed by atoms with van der Waals surface area (Å²) in [5.41, 5.74) is 13.1. The molecule has 280 valence electrons. The number of benzene rings is 5. The van der Waals surface area contributed by atoms with Crippen LogP contribution in [0.5, 0.6) is 0 Å². The number of fused-ring (bicyclic) bond motifs is 7. The van der Waals surface area contributed by atoms with Crippen molar-refractivity contribution in [2.45, 2.75) is 117 Å². The fourth-order valence-electron chi connectivity index (χ4n) is 9.45. The van der Waals surface area contributed by atoms with Gasteiger partial charge in [-0.25, -0.2) is 0 Å². The van der Waals surface area contributed by atoms with E-state index in [1.807, 2.05) is 53.8 Å². The average Bonchev–Trinajstić information content (AvgIpc) is 3.58. The highest BCUT2D eigenvalue weighted by Gasteiger charge is 2.46. The summed E-state index contributed by atoms with van der Waals surface area (Å²) in [6.45, 7) is 15.2. The van der Waals surface area contributed by atoms with E-state index in [2.05, 4.69) is 107 Å². The molecule has 0 amide bonds. The minimum atomic E-state index is -2.21. The van der Waals surface area contributed by atoms with E-state index < -0.39 is 25.5 Å². The monoisotopic (exact) mass is 766 g/mol. The van der Waals surface area contributed by atoms with E-state index in [1.54, 1.807) is 13.8 Å². The van der Waals surface area contributed by atoms with Gasteiger partial charge in [-0.2, -0.15) is 0 Å². The molecule has 1 aromatic heterocycles. The average molecular weight is 767 g/mol. The number of nitrogens with zero attached hydrogens (tertiary/aromatic N) is 2. The molecule has 3 heterocycles. The van der Waals surface area contributed by atoms with Gasteiger partial charge in [0, 0.05) is 56.9 Å². The van der Waals surface area contributed by atoms with Crippen LogP contribution in [-0.2, 0) is 16.2 Å². The molecule has 3 aliphatic rings. The predicted octanol–water partition coefficient (Wildman–Crippen LogP) is 13.5. The van der Waals surface area contributed by atoms with Crippen molar-refractivity contribution in [2.24, 2.45) is 0 Å². The van der Waals surface area contributed by atoms with E-state index in [0.717, 1.165) is 57.9 Å². The number of anilines is 6. The summed E-state index contributed by atoms with van der Waals surface area (Å²) in [5.74, 6) is -1.42. The van der Waals surface area contributed by atoms with E-state index in [4.69, 9.17) is 19.8 Å². The minimum Gasteiger partial charge on any atom is -0.311 e. The molecular weight excluding hydrogens is 707 g/mol. The first-order valence-electron chi connectivity index (χ1n) is 22.8. The van der Waals surface area contributed by atoms with Crippen LogP contribution in [0, 0.1) is 0 Å². The van der Waals surface area contributed by atoms with Crippen LogP contribution in [0.2, 0.25) is 5.02 Å². The van der Waals surface area contributed by atoms with Gasteiger partial charge in [0.15, 0.2) is 0 Å². The zero-order valence-corrected chi connectivity index (χ0v) is 35.1. The van der Waals surface area contributed by atoms with Crippen molar-refractivity contribution in [1.82, 2.24) is 0 Å². The van der Waals surface area contributed by atoms with Gasteiger partial charge in [-0.1, -0.05) is 130 Å². The van der Waals surface area contributed by atoms with Gasteiger partial charge in [-0.15, -0.1) is 11.3 Å². The molecule has 0 fully saturated rings. The Kier molecular flexibility index (Phi) is 6.87. The predicted molar refractivity (Wildman–Crippen MR) is 243 cm³/mol. The Hall–Kier alpha value is -3.99. The molecule has 0 bridgehead atoms. The molecule has 6 aromatic rings. The second-order valence-corrected chi connectivity index (χ2v) is 20.1. The number of rotatable bonds is 4. The molecule has 0 N–H and O–H groups in total. The van der Waals surface area contributed by atoms with Crippen molar-refractivity contribution in [3.05, 3.63) is 123 Å². The van der Waals surface area contributed by atoms with Crippen LogP contribution in [-0.4, -0.2) is 6.71 Å². The molecule has 2 atom stereocenters. The molecule has 0 saturated heterocycles. The molecule has 5 aromatic carbocycles. The first kappa shape index (κ1) is 30.2. The fourth-order valence-corrected chi connectivity index (χ4v) is 11.2. The highest BCUT2D eigenvalue weighted by atomic mass is 35.5. The van der Waals surface area contributed by atoms with Gasteiger partial charge in [-0.3, -0.25) is 0 Å². The summed E-state index contributed by atoms with van der Waals surface area (Å²) in [6.07, 6.45) is 2.24. The minimum absolute atomic E-state index is 0.00352. The van der Waals surface area contributed by atoms with Gasteiger partial charge < -0.3 is 9.80 Å². The van der Waals surface area contributed by atoms with E-state index in [-0.39, 0.29) is 23.0 Å². The molecule has 2 unspecified atom stereocenters. The number of halogens is 1. The normalized spacial score (nSPS) is 19.8. The maximum atomic E-state index is 8.41. The maximum absolute atomic E-state index is 8.41. The molecule has 0 saturated carbocycles. The second-order valence-electron chi connectivity index (χ2n) is 18.6. The van der Waals surface area contributed by atoms with E-state index in [9.17, 15) is 0 Å². The Morgan fingerprint density at radius 1 is 0.709 bits per heavy atom. The lowest BCUT2D eigenvalue weighted by Gasteiger charge is -2.44. The number of hydrogen-bond donors (Lipinski definition) is 0. The first-order chi connectivity index (χ1) is 28.4. The number of thiophene rings is 1. The van der Waals surface area contributed by atoms with Gasteiger partial charge >= 0.3 is 0 Å². The molecule has 0 radical (unpaired) electrons. The van der Waals surface area contributed by atoms with Crippen LogP contribution in [0.3, 0.4) is 0 Å². The summed E-state index contributed by atoms with van der Waals surface area (Å²) < 4.78 is 51.4. The molecule has 0 spiro atoms. The van der Waals surface area contributed by atoms with Gasteiger partial charge in [0.05, 0.1) is 0 Å². The smallest absolute Gasteiger partial charge is 0.252 e. The van der Waals surface area contributed by atoms with Crippen LogP contribution in [0.25, 0.3) is 10.1 Å². The van der Waals surface area contributed by atoms with Crippen LogP contribution in [0.1, 0.15) is 136 Å². The molecule has 2 aliphatic heterocycles. The highest BCUT2D eigenvalue weighted by molar-refractivity contribution is 7.19. The molecule has 9 rings (SSSR count). The van der Waals surface area contributed by atoms with E-state index >= 15 is 0 Å². The van der Waals surface area contributed by atoms with Gasteiger partial charge in [-0.05, 0) is 133 Å².